The molecule has 0 aliphatic heterocycles. The highest BCUT2D eigenvalue weighted by atomic mass is 19.1. The van der Waals surface area contributed by atoms with Gasteiger partial charge in [-0.2, -0.15) is 5.10 Å². The average molecular weight is 456 g/mol. The van der Waals surface area contributed by atoms with Crippen LogP contribution in [0, 0.1) is 5.82 Å². The summed E-state index contributed by atoms with van der Waals surface area (Å²) in [4.78, 5) is 13.2. The lowest BCUT2D eigenvalue weighted by Gasteiger charge is -2.15. The van der Waals surface area contributed by atoms with Crippen molar-refractivity contribution in [1.82, 2.24) is 15.1 Å². The van der Waals surface area contributed by atoms with Gasteiger partial charge < -0.3 is 10.1 Å². The fraction of sp³-hybridized carbons (Fsp3) is 0.214. The predicted molar refractivity (Wildman–Crippen MR) is 129 cm³/mol. The van der Waals surface area contributed by atoms with Gasteiger partial charge in [-0.3, -0.25) is 4.79 Å². The van der Waals surface area contributed by atoms with E-state index in [1.54, 1.807) is 16.8 Å². The van der Waals surface area contributed by atoms with E-state index in [0.29, 0.717) is 24.4 Å². The molecule has 1 amide bonds. The van der Waals surface area contributed by atoms with E-state index in [2.05, 4.69) is 5.32 Å². The van der Waals surface area contributed by atoms with Crippen LogP contribution in [0.25, 0.3) is 16.9 Å². The number of amides is 1. The zero-order chi connectivity index (χ0) is 23.5. The van der Waals surface area contributed by atoms with Gasteiger partial charge in [0.25, 0.3) is 0 Å². The third kappa shape index (κ3) is 4.19. The van der Waals surface area contributed by atoms with E-state index < -0.39 is 11.2 Å². The number of benzene rings is 3. The van der Waals surface area contributed by atoms with Gasteiger partial charge in [-0.25, -0.2) is 9.07 Å². The Hall–Kier alpha value is -3.93. The van der Waals surface area contributed by atoms with Gasteiger partial charge in [0.15, 0.2) is 11.6 Å². The van der Waals surface area contributed by atoms with E-state index in [4.69, 9.17) is 9.84 Å². The number of para-hydroxylation sites is 1. The standard InChI is InChI=1S/C28H26FN3O2/c1-2-34-25-14-13-20(17-24(25)29)26-21(19-32(31-26)23-11-7-4-8-12-23)18-30-27(33)28(15-16-28)22-9-5-3-6-10-22/h3-14,17,19H,2,15-16,18H2,1H3,(H,30,33). The zero-order valence-electron chi connectivity index (χ0n) is 19.0. The molecule has 34 heavy (non-hydrogen) atoms. The largest absolute Gasteiger partial charge is 0.491 e. The molecule has 1 aliphatic carbocycles. The summed E-state index contributed by atoms with van der Waals surface area (Å²) < 4.78 is 21.7. The molecule has 0 spiro atoms. The molecule has 0 saturated heterocycles. The topological polar surface area (TPSA) is 56.1 Å². The lowest BCUT2D eigenvalue weighted by atomic mass is 9.95. The Morgan fingerprint density at radius 2 is 1.76 bits per heavy atom. The Morgan fingerprint density at radius 3 is 2.41 bits per heavy atom. The van der Waals surface area contributed by atoms with Crippen molar-refractivity contribution >= 4 is 5.91 Å². The summed E-state index contributed by atoms with van der Waals surface area (Å²) in [6.07, 6.45) is 3.56. The van der Waals surface area contributed by atoms with E-state index in [-0.39, 0.29) is 11.7 Å². The van der Waals surface area contributed by atoms with Gasteiger partial charge in [-0.15, -0.1) is 0 Å². The molecule has 1 saturated carbocycles. The second-order valence-corrected chi connectivity index (χ2v) is 8.49. The molecule has 1 fully saturated rings. The Balaban J connectivity index is 1.45. The molecule has 1 aliphatic rings. The maximum Gasteiger partial charge on any atom is 0.230 e. The van der Waals surface area contributed by atoms with Gasteiger partial charge in [0.2, 0.25) is 5.91 Å². The minimum atomic E-state index is -0.456. The molecule has 1 aromatic heterocycles. The SMILES string of the molecule is CCOc1ccc(-c2nn(-c3ccccc3)cc2CNC(=O)C2(c3ccccc3)CC2)cc1F. The highest BCUT2D eigenvalue weighted by molar-refractivity contribution is 5.91. The van der Waals surface area contributed by atoms with Crippen LogP contribution in [0.4, 0.5) is 4.39 Å². The third-order valence-electron chi connectivity index (χ3n) is 6.27. The molecule has 4 aromatic rings. The molecule has 5 rings (SSSR count). The summed E-state index contributed by atoms with van der Waals surface area (Å²) in [7, 11) is 0. The second kappa shape index (κ2) is 9.14. The molecule has 3 aromatic carbocycles. The summed E-state index contributed by atoms with van der Waals surface area (Å²) in [6.45, 7) is 2.50. The quantitative estimate of drug-likeness (QED) is 0.386. The summed E-state index contributed by atoms with van der Waals surface area (Å²) in [5.41, 5.74) is 3.53. The Bertz CT molecular complexity index is 1300. The van der Waals surface area contributed by atoms with E-state index in [0.717, 1.165) is 29.7 Å². The maximum atomic E-state index is 14.6. The van der Waals surface area contributed by atoms with Gasteiger partial charge in [-0.05, 0) is 55.7 Å². The number of halogens is 1. The molecule has 0 atom stereocenters. The van der Waals surface area contributed by atoms with Crippen LogP contribution in [-0.2, 0) is 16.8 Å². The number of carbonyl (C=O) groups is 1. The fourth-order valence-corrected chi connectivity index (χ4v) is 4.29. The number of nitrogens with zero attached hydrogens (tertiary/aromatic N) is 2. The maximum absolute atomic E-state index is 14.6. The number of rotatable bonds is 8. The van der Waals surface area contributed by atoms with Crippen LogP contribution in [0.2, 0.25) is 0 Å². The first-order chi connectivity index (χ1) is 16.6. The van der Waals surface area contributed by atoms with E-state index in [1.807, 2.05) is 73.8 Å². The smallest absolute Gasteiger partial charge is 0.230 e. The number of hydrogen-bond donors (Lipinski definition) is 1. The summed E-state index contributed by atoms with van der Waals surface area (Å²) in [5.74, 6) is -0.221. The van der Waals surface area contributed by atoms with Gasteiger partial charge in [-0.1, -0.05) is 48.5 Å². The van der Waals surface area contributed by atoms with Crippen LogP contribution >= 0.6 is 0 Å². The molecule has 0 bridgehead atoms. The van der Waals surface area contributed by atoms with E-state index >= 15 is 0 Å². The van der Waals surface area contributed by atoms with E-state index in [9.17, 15) is 9.18 Å². The average Bonchev–Trinajstić information content (AvgIpc) is 3.58. The summed E-state index contributed by atoms with van der Waals surface area (Å²) >= 11 is 0. The summed E-state index contributed by atoms with van der Waals surface area (Å²) in [6, 6.07) is 24.5. The van der Waals surface area contributed by atoms with Crippen molar-refractivity contribution in [1.29, 1.82) is 0 Å². The first-order valence-corrected chi connectivity index (χ1v) is 11.5. The highest BCUT2D eigenvalue weighted by Gasteiger charge is 2.51. The van der Waals surface area contributed by atoms with Crippen molar-refractivity contribution in [2.75, 3.05) is 6.61 Å². The minimum absolute atomic E-state index is 0.00925. The van der Waals surface area contributed by atoms with Gasteiger partial charge in [0.1, 0.15) is 0 Å². The fourth-order valence-electron chi connectivity index (χ4n) is 4.29. The van der Waals surface area contributed by atoms with Crippen LogP contribution in [0.5, 0.6) is 5.75 Å². The number of hydrogen-bond acceptors (Lipinski definition) is 3. The Morgan fingerprint density at radius 1 is 1.06 bits per heavy atom. The Labute approximate surface area is 198 Å². The van der Waals surface area contributed by atoms with Crippen molar-refractivity contribution in [2.45, 2.75) is 31.7 Å². The normalized spacial score (nSPS) is 13.9. The van der Waals surface area contributed by atoms with Crippen LogP contribution in [-0.4, -0.2) is 22.3 Å². The first-order valence-electron chi connectivity index (χ1n) is 11.5. The number of aromatic nitrogens is 2. The van der Waals surface area contributed by atoms with Crippen LogP contribution in [0.3, 0.4) is 0 Å². The predicted octanol–water partition coefficient (Wildman–Crippen LogP) is 5.43. The number of nitrogens with one attached hydrogen (secondary N) is 1. The van der Waals surface area contributed by atoms with Crippen molar-refractivity contribution in [3.63, 3.8) is 0 Å². The molecule has 6 heteroatoms. The third-order valence-corrected chi connectivity index (χ3v) is 6.27. The molecular weight excluding hydrogens is 429 g/mol. The van der Waals surface area contributed by atoms with Crippen molar-refractivity contribution in [2.24, 2.45) is 0 Å². The number of ether oxygens (including phenoxy) is 1. The van der Waals surface area contributed by atoms with Gasteiger partial charge in [0, 0.05) is 23.9 Å². The van der Waals surface area contributed by atoms with Crippen LogP contribution < -0.4 is 10.1 Å². The van der Waals surface area contributed by atoms with E-state index in [1.165, 1.54) is 6.07 Å². The van der Waals surface area contributed by atoms with Crippen LogP contribution in [0.1, 0.15) is 30.9 Å². The summed E-state index contributed by atoms with van der Waals surface area (Å²) in [5, 5.41) is 7.85. The molecular formula is C28H26FN3O2. The molecule has 5 nitrogen and oxygen atoms in total. The van der Waals surface area contributed by atoms with Crippen molar-refractivity contribution in [3.8, 4) is 22.7 Å². The lowest BCUT2D eigenvalue weighted by molar-refractivity contribution is -0.123. The molecule has 0 radical (unpaired) electrons. The minimum Gasteiger partial charge on any atom is -0.491 e. The molecule has 0 unspecified atom stereocenters. The van der Waals surface area contributed by atoms with Gasteiger partial charge in [0.05, 0.1) is 23.4 Å². The van der Waals surface area contributed by atoms with Gasteiger partial charge >= 0.3 is 0 Å². The zero-order valence-corrected chi connectivity index (χ0v) is 19.0. The van der Waals surface area contributed by atoms with Crippen molar-refractivity contribution < 1.29 is 13.9 Å². The Kier molecular flexibility index (Phi) is 5.88. The highest BCUT2D eigenvalue weighted by Crippen LogP contribution is 2.48. The second-order valence-electron chi connectivity index (χ2n) is 8.49. The number of carbonyl (C=O) groups excluding carboxylic acids is 1. The lowest BCUT2D eigenvalue weighted by Crippen LogP contribution is -2.34. The monoisotopic (exact) mass is 455 g/mol. The molecule has 1 heterocycles. The molecule has 172 valence electrons. The van der Waals surface area contributed by atoms with Crippen LogP contribution in [0.15, 0.2) is 85.1 Å². The van der Waals surface area contributed by atoms with Crippen molar-refractivity contribution in [3.05, 3.63) is 102 Å². The first kappa shape index (κ1) is 21.9. The molecule has 1 N–H and O–H groups in total.